The lowest BCUT2D eigenvalue weighted by atomic mass is 9.76. The highest BCUT2D eigenvalue weighted by Gasteiger charge is 2.48. The second kappa shape index (κ2) is 13.8. The summed E-state index contributed by atoms with van der Waals surface area (Å²) in [5.74, 6) is -0.196. The number of hydrogen-bond acceptors (Lipinski definition) is 7. The van der Waals surface area contributed by atoms with Crippen LogP contribution in [0.5, 0.6) is 11.5 Å². The Morgan fingerprint density at radius 1 is 1.03 bits per heavy atom. The van der Waals surface area contributed by atoms with E-state index in [1.165, 1.54) is 14.2 Å². The topological polar surface area (TPSA) is 80.3 Å². The molecule has 0 fully saturated rings. The minimum Gasteiger partial charge on any atom is -0.493 e. The summed E-state index contributed by atoms with van der Waals surface area (Å²) in [7, 11) is 4.14. The molecule has 200 valence electrons. The molecule has 1 aliphatic rings. The first kappa shape index (κ1) is 29.9. The van der Waals surface area contributed by atoms with E-state index >= 15 is 0 Å². The van der Waals surface area contributed by atoms with Crippen LogP contribution in [0.4, 0.5) is 0 Å². The molecule has 1 unspecified atom stereocenters. The van der Waals surface area contributed by atoms with E-state index in [2.05, 4.69) is 22.0 Å². The molecule has 2 rings (SSSR count). The van der Waals surface area contributed by atoms with Crippen molar-refractivity contribution in [2.75, 3.05) is 21.3 Å². The molecule has 1 aromatic rings. The zero-order chi connectivity index (χ0) is 26.9. The highest BCUT2D eigenvalue weighted by molar-refractivity contribution is 9.10. The number of hydrogen-bond donors (Lipinski definition) is 0. The number of benzene rings is 1. The summed E-state index contributed by atoms with van der Waals surface area (Å²) < 4.78 is 28.3. The van der Waals surface area contributed by atoms with Gasteiger partial charge in [0.2, 0.25) is 0 Å². The van der Waals surface area contributed by atoms with Crippen molar-refractivity contribution >= 4 is 27.9 Å². The molecule has 0 N–H and O–H groups in total. The maximum absolute atomic E-state index is 13.2. The Morgan fingerprint density at radius 2 is 1.69 bits per heavy atom. The van der Waals surface area contributed by atoms with Gasteiger partial charge in [-0.1, -0.05) is 39.7 Å². The minimum absolute atomic E-state index is 0.0411. The molecule has 36 heavy (non-hydrogen) atoms. The van der Waals surface area contributed by atoms with Crippen LogP contribution in [0, 0.1) is 5.41 Å². The summed E-state index contributed by atoms with van der Waals surface area (Å²) >= 11 is 3.57. The number of methoxy groups -OCH3 is 3. The van der Waals surface area contributed by atoms with Crippen LogP contribution < -0.4 is 9.47 Å². The number of rotatable bonds is 12. The van der Waals surface area contributed by atoms with Crippen molar-refractivity contribution in [2.24, 2.45) is 5.41 Å². The van der Waals surface area contributed by atoms with Crippen LogP contribution in [0.2, 0.25) is 0 Å². The molecule has 0 saturated heterocycles. The Morgan fingerprint density at radius 3 is 2.25 bits per heavy atom. The van der Waals surface area contributed by atoms with E-state index in [1.54, 1.807) is 19.2 Å². The van der Waals surface area contributed by atoms with Crippen LogP contribution in [0.15, 0.2) is 40.4 Å². The smallest absolute Gasteiger partial charge is 0.323 e. The fourth-order valence-electron chi connectivity index (χ4n) is 4.29. The Bertz CT molecular complexity index is 949. The van der Waals surface area contributed by atoms with Crippen molar-refractivity contribution in [1.29, 1.82) is 0 Å². The van der Waals surface area contributed by atoms with Gasteiger partial charge in [0.15, 0.2) is 16.9 Å². The molecule has 7 nitrogen and oxygen atoms in total. The standard InChI is InChI=1S/C28H39BrO7/c1-18(2)35-22-10-8-9-20(11-12-22)13-14-28(26(30)33-6,27(31)34-7)17-21-15-25(36-19(3)4)24(32-5)16-23(21)29/h9,11-12,15-16,18-19,22H,8,10,13-14,17H2,1-7H3. The molecule has 1 aromatic carbocycles. The lowest BCUT2D eigenvalue weighted by molar-refractivity contribution is -0.169. The van der Waals surface area contributed by atoms with Gasteiger partial charge < -0.3 is 23.7 Å². The molecule has 0 bridgehead atoms. The number of carbonyl (C=O) groups is 2. The third kappa shape index (κ3) is 7.84. The zero-order valence-corrected chi connectivity index (χ0v) is 24.0. The van der Waals surface area contributed by atoms with Crippen LogP contribution in [-0.4, -0.2) is 51.6 Å². The number of allylic oxidation sites excluding steroid dienone is 3. The van der Waals surface area contributed by atoms with Crippen molar-refractivity contribution in [3.8, 4) is 11.5 Å². The van der Waals surface area contributed by atoms with Gasteiger partial charge >= 0.3 is 11.9 Å². The quantitative estimate of drug-likeness (QED) is 0.227. The van der Waals surface area contributed by atoms with Gasteiger partial charge in [-0.2, -0.15) is 0 Å². The monoisotopic (exact) mass is 566 g/mol. The summed E-state index contributed by atoms with van der Waals surface area (Å²) in [6.07, 6.45) is 8.83. The molecule has 1 atom stereocenters. The Kier molecular flexibility index (Phi) is 11.5. The van der Waals surface area contributed by atoms with Crippen LogP contribution in [0.1, 0.15) is 58.9 Å². The molecule has 0 aliphatic heterocycles. The Labute approximate surface area is 223 Å². The van der Waals surface area contributed by atoms with Crippen LogP contribution in [0.25, 0.3) is 0 Å². The van der Waals surface area contributed by atoms with Crippen LogP contribution in [0.3, 0.4) is 0 Å². The van der Waals surface area contributed by atoms with Crippen molar-refractivity contribution < 1.29 is 33.3 Å². The number of carbonyl (C=O) groups excluding carboxylic acids is 2. The lowest BCUT2D eigenvalue weighted by Gasteiger charge is -2.29. The van der Waals surface area contributed by atoms with E-state index in [9.17, 15) is 9.59 Å². The van der Waals surface area contributed by atoms with E-state index in [0.717, 1.165) is 18.4 Å². The van der Waals surface area contributed by atoms with Crippen molar-refractivity contribution in [3.05, 3.63) is 46.0 Å². The Hall–Kier alpha value is -2.32. The van der Waals surface area contributed by atoms with Crippen molar-refractivity contribution in [2.45, 2.75) is 78.1 Å². The first-order valence-corrected chi connectivity index (χ1v) is 13.1. The molecule has 0 amide bonds. The van der Waals surface area contributed by atoms with E-state index < -0.39 is 17.4 Å². The SMILES string of the molecule is COC(=O)C(CCC1=CCCC(OC(C)C)C=C1)(Cc1cc(OC(C)C)c(OC)cc1Br)C(=O)OC. The molecule has 0 saturated carbocycles. The number of halogens is 1. The maximum Gasteiger partial charge on any atom is 0.323 e. The molecular weight excluding hydrogens is 528 g/mol. The fraction of sp³-hybridized carbons (Fsp3) is 0.571. The summed E-state index contributed by atoms with van der Waals surface area (Å²) in [5.41, 5.74) is 0.211. The summed E-state index contributed by atoms with van der Waals surface area (Å²) in [4.78, 5) is 26.4. The van der Waals surface area contributed by atoms with E-state index in [-0.39, 0.29) is 31.2 Å². The predicted molar refractivity (Wildman–Crippen MR) is 142 cm³/mol. The summed E-state index contributed by atoms with van der Waals surface area (Å²) in [6, 6.07) is 3.57. The van der Waals surface area contributed by atoms with Crippen molar-refractivity contribution in [1.82, 2.24) is 0 Å². The molecule has 8 heteroatoms. The second-order valence-electron chi connectivity index (χ2n) is 9.44. The predicted octanol–water partition coefficient (Wildman–Crippen LogP) is 5.97. The fourth-order valence-corrected chi connectivity index (χ4v) is 4.75. The van der Waals surface area contributed by atoms with Crippen molar-refractivity contribution in [3.63, 3.8) is 0 Å². The zero-order valence-electron chi connectivity index (χ0n) is 22.4. The average molecular weight is 568 g/mol. The van der Waals surface area contributed by atoms with Gasteiger partial charge in [0.25, 0.3) is 0 Å². The van der Waals surface area contributed by atoms with Gasteiger partial charge in [-0.05, 0) is 71.1 Å². The number of ether oxygens (including phenoxy) is 5. The molecule has 0 radical (unpaired) electrons. The number of esters is 2. The minimum atomic E-state index is -1.54. The third-order valence-electron chi connectivity index (χ3n) is 6.01. The van der Waals surface area contributed by atoms with Gasteiger partial charge in [-0.15, -0.1) is 0 Å². The van der Waals surface area contributed by atoms with Gasteiger partial charge in [0.05, 0.1) is 39.6 Å². The van der Waals surface area contributed by atoms with E-state index in [4.69, 9.17) is 23.7 Å². The van der Waals surface area contributed by atoms with Crippen LogP contribution >= 0.6 is 15.9 Å². The molecule has 0 aromatic heterocycles. The lowest BCUT2D eigenvalue weighted by Crippen LogP contribution is -2.43. The van der Waals surface area contributed by atoms with Gasteiger partial charge in [0.1, 0.15) is 0 Å². The van der Waals surface area contributed by atoms with Gasteiger partial charge in [0, 0.05) is 10.9 Å². The van der Waals surface area contributed by atoms with E-state index in [0.29, 0.717) is 28.0 Å². The highest BCUT2D eigenvalue weighted by Crippen LogP contribution is 2.40. The van der Waals surface area contributed by atoms with E-state index in [1.807, 2.05) is 39.8 Å². The first-order valence-electron chi connectivity index (χ1n) is 12.3. The van der Waals surface area contributed by atoms with Gasteiger partial charge in [-0.3, -0.25) is 9.59 Å². The van der Waals surface area contributed by atoms with Crippen LogP contribution in [-0.2, 0) is 30.2 Å². The largest absolute Gasteiger partial charge is 0.493 e. The third-order valence-corrected chi connectivity index (χ3v) is 6.75. The molecule has 0 heterocycles. The summed E-state index contributed by atoms with van der Waals surface area (Å²) in [5, 5.41) is 0. The summed E-state index contributed by atoms with van der Waals surface area (Å²) in [6.45, 7) is 7.87. The van der Waals surface area contributed by atoms with Gasteiger partial charge in [-0.25, -0.2) is 0 Å². The molecule has 0 spiro atoms. The second-order valence-corrected chi connectivity index (χ2v) is 10.3. The molecule has 1 aliphatic carbocycles. The maximum atomic E-state index is 13.2. The average Bonchev–Trinajstić information content (AvgIpc) is 3.06. The Balaban J connectivity index is 2.41. The normalized spacial score (nSPS) is 15.9. The molecular formula is C28H39BrO7. The first-order chi connectivity index (χ1) is 17.1. The highest BCUT2D eigenvalue weighted by atomic mass is 79.9.